The first-order valence-corrected chi connectivity index (χ1v) is 0. The fraction of sp³-hybridized carbons (Fsp3) is 0. The van der Waals surface area contributed by atoms with Crippen molar-refractivity contribution in [3.8, 4) is 0 Å². The van der Waals surface area contributed by atoms with Crippen molar-refractivity contribution in [3.63, 3.8) is 0 Å². The van der Waals surface area contributed by atoms with Crippen LogP contribution in [0.1, 0.15) is 0 Å². The Morgan fingerprint density at radius 2 is 1.00 bits per heavy atom. The van der Waals surface area contributed by atoms with Crippen molar-refractivity contribution in [3.05, 3.63) is 0 Å². The van der Waals surface area contributed by atoms with Gasteiger partial charge in [0.25, 0.3) is 0 Å². The molecule has 5 radical (unpaired) electrons. The van der Waals surface area contributed by atoms with E-state index in [0.717, 1.165) is 0 Å². The minimum atomic E-state index is 0. The molecule has 0 aliphatic carbocycles. The molecule has 5 heteroatoms. The SMILES string of the molecule is [Ag].[AlH3].[Cu].[SiH3].[SnH2]. The maximum atomic E-state index is 0. The van der Waals surface area contributed by atoms with E-state index in [9.17, 15) is 0 Å². The number of rotatable bonds is 0. The molecule has 0 saturated heterocycles. The van der Waals surface area contributed by atoms with E-state index in [-0.39, 0.29) is 91.7 Å². The summed E-state index contributed by atoms with van der Waals surface area (Å²) in [6.45, 7) is 0. The molecule has 0 aromatic rings. The molecule has 0 rings (SSSR count). The number of hydrogen-bond acceptors (Lipinski definition) is 0. The van der Waals surface area contributed by atoms with Gasteiger partial charge in [-0.1, -0.05) is 0 Å². The van der Waals surface area contributed by atoms with Crippen LogP contribution < -0.4 is 0 Å². The van der Waals surface area contributed by atoms with Crippen molar-refractivity contribution in [2.24, 2.45) is 0 Å². The normalized spacial score (nSPS) is 0. The summed E-state index contributed by atoms with van der Waals surface area (Å²) in [5.74, 6) is 0. The molecule has 0 heterocycles. The van der Waals surface area contributed by atoms with Gasteiger partial charge >= 0.3 is 23.9 Å². The Kier molecular flexibility index (Phi) is 267. The van der Waals surface area contributed by atoms with Crippen LogP contribution in [0.4, 0.5) is 0 Å². The molecule has 0 unspecified atom stereocenters. The van der Waals surface area contributed by atoms with E-state index in [1.54, 1.807) is 0 Å². The molecule has 0 aliphatic heterocycles. The summed E-state index contributed by atoms with van der Waals surface area (Å²) in [4.78, 5) is 0. The fourth-order valence-corrected chi connectivity index (χ4v) is 0. The van der Waals surface area contributed by atoms with Crippen LogP contribution in [0.25, 0.3) is 0 Å². The van der Waals surface area contributed by atoms with E-state index in [1.807, 2.05) is 0 Å². The third-order valence-electron chi connectivity index (χ3n) is 0. The van der Waals surface area contributed by atoms with Gasteiger partial charge in [-0.2, -0.15) is 0 Å². The molecule has 0 aliphatic rings. The summed E-state index contributed by atoms with van der Waals surface area (Å²) in [6, 6.07) is 0. The Morgan fingerprint density at radius 1 is 1.00 bits per heavy atom. The van der Waals surface area contributed by atoms with E-state index >= 15 is 0 Å². The molecular weight excluding hydrogens is 345 g/mol. The first-order valence-electron chi connectivity index (χ1n) is 0. The Balaban J connectivity index is 0. The summed E-state index contributed by atoms with van der Waals surface area (Å²) >= 11 is 0. The van der Waals surface area contributed by atoms with Crippen LogP contribution in [-0.2, 0) is 39.4 Å². The van der Waals surface area contributed by atoms with Crippen LogP contribution in [0.15, 0.2) is 0 Å². The predicted octanol–water partition coefficient (Wildman–Crippen LogP) is -3.29. The Labute approximate surface area is 90.3 Å². The van der Waals surface area contributed by atoms with Gasteiger partial charge in [-0.3, -0.25) is 0 Å². The summed E-state index contributed by atoms with van der Waals surface area (Å²) in [6.07, 6.45) is 0. The standard InChI is InChI=1S/Ag.Al.Cu.H3Si.Sn.5H/h;;;1H3;;;;;;. The minimum absolute atomic E-state index is 0. The second-order valence-electron chi connectivity index (χ2n) is 0. The van der Waals surface area contributed by atoms with Crippen LogP contribution in [0.3, 0.4) is 0 Å². The first kappa shape index (κ1) is 45.9. The van der Waals surface area contributed by atoms with Gasteiger partial charge in [0.05, 0.1) is 0 Å². The van der Waals surface area contributed by atoms with Gasteiger partial charge in [-0.25, -0.2) is 0 Å². The molecule has 5 heavy (non-hydrogen) atoms. The molecular formula is H8AgAlCuSiSn. The summed E-state index contributed by atoms with van der Waals surface area (Å²) in [7, 11) is 0. The molecule has 0 spiro atoms. The quantitative estimate of drug-likeness (QED) is 0.401. The summed E-state index contributed by atoms with van der Waals surface area (Å²) < 4.78 is 0. The van der Waals surface area contributed by atoms with E-state index < -0.39 is 0 Å². The van der Waals surface area contributed by atoms with Crippen molar-refractivity contribution in [1.82, 2.24) is 0 Å². The summed E-state index contributed by atoms with van der Waals surface area (Å²) in [5, 5.41) is 0. The Bertz CT molecular complexity index is 11.6. The number of hydrogen-bond donors (Lipinski definition) is 0. The first-order chi connectivity index (χ1) is 0. The third-order valence-corrected chi connectivity index (χ3v) is 0. The van der Waals surface area contributed by atoms with E-state index in [4.69, 9.17) is 0 Å². The van der Waals surface area contributed by atoms with Gasteiger partial charge in [-0.15, -0.1) is 0 Å². The second-order valence-corrected chi connectivity index (χ2v) is 0. The molecule has 0 saturated carbocycles. The zero-order valence-electron chi connectivity index (χ0n) is 2.31. The van der Waals surface area contributed by atoms with Gasteiger partial charge < -0.3 is 0 Å². The Morgan fingerprint density at radius 3 is 1.00 bits per heavy atom. The predicted molar refractivity (Wildman–Crippen MR) is 28.4 cm³/mol. The molecule has 0 aromatic carbocycles. The average Bonchev–Trinajstić information content (AvgIpc) is 0. The van der Waals surface area contributed by atoms with Crippen LogP contribution in [0.2, 0.25) is 0 Å². The fourth-order valence-electron chi connectivity index (χ4n) is 0. The Hall–Kier alpha value is 2.81. The van der Waals surface area contributed by atoms with E-state index in [0.29, 0.717) is 0 Å². The molecule has 0 nitrogen and oxygen atoms in total. The topological polar surface area (TPSA) is 0 Å². The molecule has 0 atom stereocenters. The van der Waals surface area contributed by atoms with Crippen molar-refractivity contribution >= 4 is 52.2 Å². The van der Waals surface area contributed by atoms with E-state index in [2.05, 4.69) is 0 Å². The van der Waals surface area contributed by atoms with Gasteiger partial charge in [0.1, 0.15) is 0 Å². The van der Waals surface area contributed by atoms with Crippen molar-refractivity contribution < 1.29 is 39.4 Å². The van der Waals surface area contributed by atoms with Gasteiger partial charge in [0, 0.05) is 39.4 Å². The van der Waals surface area contributed by atoms with Crippen LogP contribution in [0, 0.1) is 0 Å². The van der Waals surface area contributed by atoms with Crippen molar-refractivity contribution in [2.75, 3.05) is 0 Å². The second kappa shape index (κ2) is 29.1. The van der Waals surface area contributed by atoms with Crippen molar-refractivity contribution in [2.45, 2.75) is 0 Å². The van der Waals surface area contributed by atoms with Crippen LogP contribution >= 0.6 is 0 Å². The summed E-state index contributed by atoms with van der Waals surface area (Å²) in [5.41, 5.74) is 0. The van der Waals surface area contributed by atoms with Crippen LogP contribution in [0.5, 0.6) is 0 Å². The zero-order valence-corrected chi connectivity index (χ0v) is 10.8. The van der Waals surface area contributed by atoms with Gasteiger partial charge in [-0.05, 0) is 11.0 Å². The van der Waals surface area contributed by atoms with Gasteiger partial charge in [0.2, 0.25) is 0 Å². The van der Waals surface area contributed by atoms with E-state index in [1.165, 1.54) is 0 Å². The van der Waals surface area contributed by atoms with Crippen molar-refractivity contribution in [1.29, 1.82) is 0 Å². The maximum absolute atomic E-state index is 0. The monoisotopic (exact) mass is 353 g/mol. The molecule has 0 fully saturated rings. The molecule has 0 aromatic heterocycles. The zero-order chi connectivity index (χ0) is 0. The van der Waals surface area contributed by atoms with Gasteiger partial charge in [0.15, 0.2) is 17.4 Å². The molecule has 41 valence electrons. The molecule has 0 N–H and O–H groups in total. The molecule has 0 bridgehead atoms. The van der Waals surface area contributed by atoms with Crippen LogP contribution in [-0.4, -0.2) is 52.2 Å². The third kappa shape index (κ3) is 20.0. The average molecular weight is 353 g/mol. The molecule has 0 amide bonds.